The van der Waals surface area contributed by atoms with Gasteiger partial charge in [0.1, 0.15) is 12.0 Å². The molecular formula is C11H13ClO2. The molecule has 76 valence electrons. The Bertz CT molecular complexity index is 323. The molecule has 0 N–H and O–H groups in total. The normalized spacial score (nSPS) is 12.2. The lowest BCUT2D eigenvalue weighted by atomic mass is 9.97. The molecule has 0 aliphatic heterocycles. The number of rotatable bonds is 4. The molecule has 2 nitrogen and oxygen atoms in total. The van der Waals surface area contributed by atoms with Gasteiger partial charge in [0.25, 0.3) is 0 Å². The molecule has 1 rings (SSSR count). The predicted octanol–water partition coefficient (Wildman–Crippen LogP) is 2.74. The van der Waals surface area contributed by atoms with Gasteiger partial charge in [0.2, 0.25) is 0 Å². The van der Waals surface area contributed by atoms with Crippen LogP contribution in [0.4, 0.5) is 0 Å². The van der Waals surface area contributed by atoms with Crippen molar-refractivity contribution in [3.63, 3.8) is 0 Å². The zero-order chi connectivity index (χ0) is 10.6. The molecule has 0 spiro atoms. The average molecular weight is 213 g/mol. The fraction of sp³-hybridized carbons (Fsp3) is 0.364. The molecule has 0 bridgehead atoms. The number of hydrogen-bond donors (Lipinski definition) is 0. The molecule has 0 aliphatic carbocycles. The quantitative estimate of drug-likeness (QED) is 0.567. The summed E-state index contributed by atoms with van der Waals surface area (Å²) in [6, 6.07) is 5.61. The Hall–Kier alpha value is -1.02. The van der Waals surface area contributed by atoms with Crippen LogP contribution < -0.4 is 4.74 Å². The molecule has 0 heterocycles. The molecule has 1 aromatic carbocycles. The Labute approximate surface area is 88.8 Å². The van der Waals surface area contributed by atoms with E-state index in [1.165, 1.54) is 0 Å². The van der Waals surface area contributed by atoms with Crippen LogP contribution in [0.3, 0.4) is 0 Å². The first kappa shape index (κ1) is 11.1. The summed E-state index contributed by atoms with van der Waals surface area (Å²) in [5.74, 6) is 0.961. The van der Waals surface area contributed by atoms with Crippen molar-refractivity contribution in [2.75, 3.05) is 7.11 Å². The number of carbonyl (C=O) groups excluding carboxylic acids is 1. The maximum Gasteiger partial charge on any atom is 0.127 e. The average Bonchev–Trinajstić information content (AvgIpc) is 2.26. The Kier molecular flexibility index (Phi) is 3.96. The second-order valence-electron chi connectivity index (χ2n) is 3.09. The highest BCUT2D eigenvalue weighted by atomic mass is 35.5. The fourth-order valence-corrected chi connectivity index (χ4v) is 1.70. The van der Waals surface area contributed by atoms with E-state index in [1.807, 2.05) is 25.1 Å². The van der Waals surface area contributed by atoms with E-state index in [1.54, 1.807) is 7.11 Å². The lowest BCUT2D eigenvalue weighted by Crippen LogP contribution is -2.01. The monoisotopic (exact) mass is 212 g/mol. The molecule has 0 aromatic heterocycles. The number of methoxy groups -OCH3 is 1. The molecule has 1 aromatic rings. The highest BCUT2D eigenvalue weighted by Gasteiger charge is 2.12. The summed E-state index contributed by atoms with van der Waals surface area (Å²) >= 11 is 5.82. The zero-order valence-electron chi connectivity index (χ0n) is 8.29. The van der Waals surface area contributed by atoms with E-state index >= 15 is 0 Å². The SMILES string of the molecule is COc1cccc(C(C)C=O)c1CCl. The van der Waals surface area contributed by atoms with Gasteiger partial charge in [-0.25, -0.2) is 0 Å². The number of ether oxygens (including phenoxy) is 1. The summed E-state index contributed by atoms with van der Waals surface area (Å²) in [5.41, 5.74) is 1.84. The van der Waals surface area contributed by atoms with Gasteiger partial charge < -0.3 is 9.53 Å². The minimum Gasteiger partial charge on any atom is -0.496 e. The van der Waals surface area contributed by atoms with Crippen LogP contribution in [0.25, 0.3) is 0 Å². The van der Waals surface area contributed by atoms with Gasteiger partial charge in [0.15, 0.2) is 0 Å². The largest absolute Gasteiger partial charge is 0.496 e. The van der Waals surface area contributed by atoms with Crippen LogP contribution in [-0.2, 0) is 10.7 Å². The number of hydrogen-bond acceptors (Lipinski definition) is 2. The number of benzene rings is 1. The molecule has 0 saturated carbocycles. The van der Waals surface area contributed by atoms with Crippen LogP contribution in [0.2, 0.25) is 0 Å². The molecule has 3 heteroatoms. The molecule has 0 fully saturated rings. The first-order valence-electron chi connectivity index (χ1n) is 4.41. The minimum atomic E-state index is -0.140. The second kappa shape index (κ2) is 5.01. The summed E-state index contributed by atoms with van der Waals surface area (Å²) in [7, 11) is 1.60. The van der Waals surface area contributed by atoms with Gasteiger partial charge in [-0.05, 0) is 11.6 Å². The van der Waals surface area contributed by atoms with Crippen LogP contribution in [0, 0.1) is 0 Å². The van der Waals surface area contributed by atoms with E-state index in [4.69, 9.17) is 16.3 Å². The summed E-state index contributed by atoms with van der Waals surface area (Å²) in [4.78, 5) is 10.7. The lowest BCUT2D eigenvalue weighted by Gasteiger charge is -2.13. The van der Waals surface area contributed by atoms with E-state index in [0.29, 0.717) is 5.88 Å². The van der Waals surface area contributed by atoms with E-state index in [-0.39, 0.29) is 5.92 Å². The summed E-state index contributed by atoms with van der Waals surface area (Å²) in [5, 5.41) is 0. The Balaban J connectivity index is 3.21. The third-order valence-electron chi connectivity index (χ3n) is 2.22. The number of aldehydes is 1. The van der Waals surface area contributed by atoms with Crippen molar-refractivity contribution in [2.24, 2.45) is 0 Å². The summed E-state index contributed by atoms with van der Waals surface area (Å²) in [6.07, 6.45) is 0.908. The van der Waals surface area contributed by atoms with Gasteiger partial charge in [0.05, 0.1) is 13.0 Å². The summed E-state index contributed by atoms with van der Waals surface area (Å²) < 4.78 is 5.17. The molecule has 1 atom stereocenters. The predicted molar refractivity (Wildman–Crippen MR) is 57.0 cm³/mol. The smallest absolute Gasteiger partial charge is 0.127 e. The van der Waals surface area contributed by atoms with Gasteiger partial charge in [0, 0.05) is 11.5 Å². The molecule has 0 radical (unpaired) electrons. The van der Waals surface area contributed by atoms with Gasteiger partial charge in [-0.2, -0.15) is 0 Å². The van der Waals surface area contributed by atoms with Crippen molar-refractivity contribution in [3.8, 4) is 5.75 Å². The second-order valence-corrected chi connectivity index (χ2v) is 3.35. The first-order chi connectivity index (χ1) is 6.74. The Morgan fingerprint density at radius 1 is 1.57 bits per heavy atom. The minimum absolute atomic E-state index is 0.140. The van der Waals surface area contributed by atoms with Crippen LogP contribution in [0.1, 0.15) is 24.0 Å². The Morgan fingerprint density at radius 3 is 2.79 bits per heavy atom. The summed E-state index contributed by atoms with van der Waals surface area (Å²) in [6.45, 7) is 1.85. The van der Waals surface area contributed by atoms with Gasteiger partial charge in [-0.1, -0.05) is 19.1 Å². The van der Waals surface area contributed by atoms with E-state index in [9.17, 15) is 4.79 Å². The lowest BCUT2D eigenvalue weighted by molar-refractivity contribution is -0.108. The van der Waals surface area contributed by atoms with Crippen molar-refractivity contribution >= 4 is 17.9 Å². The molecule has 0 amide bonds. The highest BCUT2D eigenvalue weighted by Crippen LogP contribution is 2.28. The molecule has 14 heavy (non-hydrogen) atoms. The van der Waals surface area contributed by atoms with Crippen LogP contribution in [0.15, 0.2) is 18.2 Å². The van der Waals surface area contributed by atoms with Crippen LogP contribution >= 0.6 is 11.6 Å². The maximum absolute atomic E-state index is 10.7. The molecule has 0 saturated heterocycles. The molecule has 0 aliphatic rings. The fourth-order valence-electron chi connectivity index (χ4n) is 1.42. The van der Waals surface area contributed by atoms with Crippen molar-refractivity contribution < 1.29 is 9.53 Å². The van der Waals surface area contributed by atoms with Gasteiger partial charge >= 0.3 is 0 Å². The topological polar surface area (TPSA) is 26.3 Å². The third kappa shape index (κ3) is 2.07. The van der Waals surface area contributed by atoms with E-state index in [2.05, 4.69) is 0 Å². The number of carbonyl (C=O) groups is 1. The zero-order valence-corrected chi connectivity index (χ0v) is 9.04. The van der Waals surface area contributed by atoms with Gasteiger partial charge in [-0.15, -0.1) is 11.6 Å². The van der Waals surface area contributed by atoms with E-state index < -0.39 is 0 Å². The van der Waals surface area contributed by atoms with Crippen LogP contribution in [-0.4, -0.2) is 13.4 Å². The third-order valence-corrected chi connectivity index (χ3v) is 2.48. The highest BCUT2D eigenvalue weighted by molar-refractivity contribution is 6.17. The number of alkyl halides is 1. The van der Waals surface area contributed by atoms with E-state index in [0.717, 1.165) is 23.2 Å². The maximum atomic E-state index is 10.7. The molecular weight excluding hydrogens is 200 g/mol. The standard InChI is InChI=1S/C11H13ClO2/c1-8(7-13)9-4-3-5-11(14-2)10(9)6-12/h3-5,7-8H,6H2,1-2H3. The van der Waals surface area contributed by atoms with Crippen LogP contribution in [0.5, 0.6) is 5.75 Å². The Morgan fingerprint density at radius 2 is 2.29 bits per heavy atom. The van der Waals surface area contributed by atoms with Gasteiger partial charge in [-0.3, -0.25) is 0 Å². The van der Waals surface area contributed by atoms with Crippen molar-refractivity contribution in [3.05, 3.63) is 29.3 Å². The number of halogens is 1. The van der Waals surface area contributed by atoms with Crippen molar-refractivity contribution in [1.82, 2.24) is 0 Å². The van der Waals surface area contributed by atoms with Crippen molar-refractivity contribution in [2.45, 2.75) is 18.7 Å². The van der Waals surface area contributed by atoms with Crippen molar-refractivity contribution in [1.29, 1.82) is 0 Å². The first-order valence-corrected chi connectivity index (χ1v) is 4.95. The molecule has 1 unspecified atom stereocenters.